The van der Waals surface area contributed by atoms with Crippen LogP contribution in [0, 0.1) is 34.0 Å². The van der Waals surface area contributed by atoms with Gasteiger partial charge in [0.05, 0.1) is 17.8 Å². The summed E-state index contributed by atoms with van der Waals surface area (Å²) < 4.78 is 13.2. The molecule has 2 saturated carbocycles. The first-order chi connectivity index (χ1) is 17.2. The van der Waals surface area contributed by atoms with Crippen LogP contribution in [-0.4, -0.2) is 28.7 Å². The molecule has 10 unspecified atom stereocenters. The van der Waals surface area contributed by atoms with Crippen LogP contribution in [-0.2, 0) is 15.9 Å². The van der Waals surface area contributed by atoms with E-state index in [2.05, 4.69) is 98.7 Å². The Morgan fingerprint density at radius 3 is 2.35 bits per heavy atom. The molecule has 1 aromatic carbocycles. The molecular weight excluding hydrogens is 456 g/mol. The molecule has 1 N–H and O–H groups in total. The largest absolute Gasteiger partial charge is 0.389 e. The molecule has 4 aliphatic rings. The van der Waals surface area contributed by atoms with Crippen molar-refractivity contribution in [1.82, 2.24) is 0 Å². The number of allylic oxidation sites excluding steroid dienone is 1. The van der Waals surface area contributed by atoms with Crippen molar-refractivity contribution < 1.29 is 14.6 Å². The molecule has 3 aliphatic carbocycles. The van der Waals surface area contributed by atoms with E-state index < -0.39 is 11.4 Å². The predicted octanol–water partition coefficient (Wildman–Crippen LogP) is 8.06. The number of ether oxygens (including phenoxy) is 2. The minimum atomic E-state index is -0.660. The Bertz CT molecular complexity index is 1050. The maximum atomic E-state index is 12.7. The molecule has 1 saturated heterocycles. The van der Waals surface area contributed by atoms with E-state index in [9.17, 15) is 5.11 Å². The van der Waals surface area contributed by atoms with Gasteiger partial charge in [0.1, 0.15) is 0 Å². The first-order valence-electron chi connectivity index (χ1n) is 15.1. The molecule has 1 aliphatic heterocycles. The summed E-state index contributed by atoms with van der Waals surface area (Å²) in [5.74, 6) is 0.740. The first-order valence-corrected chi connectivity index (χ1v) is 15.1. The summed E-state index contributed by atoms with van der Waals surface area (Å²) >= 11 is 0. The highest BCUT2D eigenvalue weighted by Crippen LogP contribution is 2.69. The van der Waals surface area contributed by atoms with E-state index in [1.165, 1.54) is 17.5 Å². The quantitative estimate of drug-likeness (QED) is 0.418. The van der Waals surface area contributed by atoms with E-state index in [0.29, 0.717) is 17.8 Å². The van der Waals surface area contributed by atoms with Crippen molar-refractivity contribution in [2.75, 3.05) is 0 Å². The van der Waals surface area contributed by atoms with Gasteiger partial charge in [-0.2, -0.15) is 0 Å². The summed E-state index contributed by atoms with van der Waals surface area (Å²) in [6.45, 7) is 20.6. The van der Waals surface area contributed by atoms with Crippen molar-refractivity contribution in [3.63, 3.8) is 0 Å². The fourth-order valence-corrected chi connectivity index (χ4v) is 9.77. The van der Waals surface area contributed by atoms with E-state index in [1.54, 1.807) is 0 Å². The lowest BCUT2D eigenvalue weighted by molar-refractivity contribution is -0.365. The molecule has 206 valence electrons. The first kappa shape index (κ1) is 27.4. The summed E-state index contributed by atoms with van der Waals surface area (Å²) in [7, 11) is 0. The van der Waals surface area contributed by atoms with Gasteiger partial charge in [0.15, 0.2) is 5.79 Å². The highest BCUT2D eigenvalue weighted by atomic mass is 16.7. The minimum absolute atomic E-state index is 0.0198. The van der Waals surface area contributed by atoms with E-state index in [4.69, 9.17) is 9.47 Å². The molecule has 0 aromatic heterocycles. The second kappa shape index (κ2) is 8.93. The Labute approximate surface area is 226 Å². The molecule has 5 rings (SSSR count). The van der Waals surface area contributed by atoms with Crippen molar-refractivity contribution in [2.24, 2.45) is 34.0 Å². The highest BCUT2D eigenvalue weighted by Gasteiger charge is 2.68. The van der Waals surface area contributed by atoms with Crippen LogP contribution < -0.4 is 0 Å². The van der Waals surface area contributed by atoms with Crippen LogP contribution >= 0.6 is 0 Å². The van der Waals surface area contributed by atoms with Gasteiger partial charge in [-0.05, 0) is 99.5 Å². The Morgan fingerprint density at radius 1 is 0.973 bits per heavy atom. The molecule has 0 spiro atoms. The number of fused-ring (bicyclic) bond motifs is 5. The van der Waals surface area contributed by atoms with Gasteiger partial charge in [0.2, 0.25) is 0 Å². The zero-order chi connectivity index (χ0) is 27.0. The number of aliphatic hydroxyl groups is 1. The molecule has 1 heterocycles. The standard InChI is InChI=1S/C34H52O3/c1-10-25-13-11-12-14-26(25)22(2)21-34(35)23(3)15-18-32(8)27-16-19-31(7)24(4)36-30(5,6)37-29(31)33(27,9)20-17-28(32)34/h11-14,16,19,22-24,27-29,35H,10,15,17-18,20-21H2,1-9H3. The molecule has 0 bridgehead atoms. The number of hydrogen-bond acceptors (Lipinski definition) is 3. The summed E-state index contributed by atoms with van der Waals surface area (Å²) in [6, 6.07) is 8.86. The minimum Gasteiger partial charge on any atom is -0.389 e. The van der Waals surface area contributed by atoms with Crippen LogP contribution in [0.4, 0.5) is 0 Å². The molecular formula is C34H52O3. The van der Waals surface area contributed by atoms with Crippen molar-refractivity contribution in [1.29, 1.82) is 0 Å². The van der Waals surface area contributed by atoms with Gasteiger partial charge in [0.25, 0.3) is 0 Å². The van der Waals surface area contributed by atoms with Crippen LogP contribution in [0.1, 0.15) is 111 Å². The van der Waals surface area contributed by atoms with Crippen molar-refractivity contribution in [3.05, 3.63) is 47.5 Å². The van der Waals surface area contributed by atoms with Crippen LogP contribution in [0.5, 0.6) is 0 Å². The Hall–Kier alpha value is -1.16. The zero-order valence-corrected chi connectivity index (χ0v) is 24.9. The Balaban J connectivity index is 1.51. The van der Waals surface area contributed by atoms with E-state index >= 15 is 0 Å². The summed E-state index contributed by atoms with van der Waals surface area (Å²) in [5.41, 5.74) is 2.10. The zero-order valence-electron chi connectivity index (χ0n) is 24.9. The van der Waals surface area contributed by atoms with Gasteiger partial charge in [-0.25, -0.2) is 0 Å². The van der Waals surface area contributed by atoms with Crippen molar-refractivity contribution >= 4 is 0 Å². The molecule has 3 heteroatoms. The van der Waals surface area contributed by atoms with Crippen molar-refractivity contribution in [3.8, 4) is 0 Å². The van der Waals surface area contributed by atoms with E-state index in [0.717, 1.165) is 32.1 Å². The molecule has 37 heavy (non-hydrogen) atoms. The molecule has 3 nitrogen and oxygen atoms in total. The average molecular weight is 509 g/mol. The van der Waals surface area contributed by atoms with E-state index in [-0.39, 0.29) is 34.4 Å². The number of rotatable bonds is 4. The summed E-state index contributed by atoms with van der Waals surface area (Å²) in [5, 5.41) is 12.7. The molecule has 0 radical (unpaired) electrons. The molecule has 3 fully saturated rings. The lowest BCUT2D eigenvalue weighted by atomic mass is 9.39. The summed E-state index contributed by atoms with van der Waals surface area (Å²) in [6.07, 6.45) is 11.4. The van der Waals surface area contributed by atoms with Crippen LogP contribution in [0.25, 0.3) is 0 Å². The maximum Gasteiger partial charge on any atom is 0.163 e. The van der Waals surface area contributed by atoms with Crippen LogP contribution in [0.3, 0.4) is 0 Å². The third kappa shape index (κ3) is 4.01. The van der Waals surface area contributed by atoms with Gasteiger partial charge in [-0.15, -0.1) is 0 Å². The van der Waals surface area contributed by atoms with E-state index in [1.807, 2.05) is 0 Å². The predicted molar refractivity (Wildman–Crippen MR) is 151 cm³/mol. The topological polar surface area (TPSA) is 38.7 Å². The van der Waals surface area contributed by atoms with Gasteiger partial charge >= 0.3 is 0 Å². The smallest absolute Gasteiger partial charge is 0.163 e. The van der Waals surface area contributed by atoms with Gasteiger partial charge in [-0.3, -0.25) is 0 Å². The van der Waals surface area contributed by atoms with Crippen LogP contribution in [0.15, 0.2) is 36.4 Å². The second-order valence-electron chi connectivity index (χ2n) is 14.6. The molecule has 10 atom stereocenters. The average Bonchev–Trinajstić information content (AvgIpc) is 2.83. The number of aryl methyl sites for hydroxylation is 1. The van der Waals surface area contributed by atoms with Crippen molar-refractivity contribution in [2.45, 2.75) is 130 Å². The third-order valence-corrected chi connectivity index (χ3v) is 11.9. The third-order valence-electron chi connectivity index (χ3n) is 11.9. The lowest BCUT2D eigenvalue weighted by Gasteiger charge is -2.68. The molecule has 1 aromatic rings. The Morgan fingerprint density at radius 2 is 1.65 bits per heavy atom. The maximum absolute atomic E-state index is 12.7. The normalized spacial score (nSPS) is 47.5. The summed E-state index contributed by atoms with van der Waals surface area (Å²) in [4.78, 5) is 0. The molecule has 0 amide bonds. The lowest BCUT2D eigenvalue weighted by Crippen LogP contribution is -2.69. The number of hydrogen-bond donors (Lipinski definition) is 1. The fourth-order valence-electron chi connectivity index (χ4n) is 9.77. The SMILES string of the molecule is CCc1ccccc1C(C)CC1(O)C(C)CCC2(C)C3C=CC4(C)C(C)OC(C)(C)OC4C3(C)CCC21. The second-order valence-corrected chi connectivity index (χ2v) is 14.6. The van der Waals surface area contributed by atoms with Gasteiger partial charge in [-0.1, -0.05) is 78.0 Å². The Kier molecular flexibility index (Phi) is 6.62. The van der Waals surface area contributed by atoms with Crippen LogP contribution in [0.2, 0.25) is 0 Å². The van der Waals surface area contributed by atoms with Gasteiger partial charge < -0.3 is 14.6 Å². The number of benzene rings is 1. The van der Waals surface area contributed by atoms with Gasteiger partial charge in [0, 0.05) is 10.8 Å². The fraction of sp³-hybridized carbons (Fsp3) is 0.765. The monoisotopic (exact) mass is 508 g/mol. The highest BCUT2D eigenvalue weighted by molar-refractivity contribution is 5.31.